The first-order valence-corrected chi connectivity index (χ1v) is 11.2. The second kappa shape index (κ2) is 11.3. The predicted molar refractivity (Wildman–Crippen MR) is 124 cm³/mol. The van der Waals surface area contributed by atoms with Crippen LogP contribution >= 0.6 is 0 Å². The molecule has 2 heterocycles. The monoisotopic (exact) mass is 467 g/mol. The van der Waals surface area contributed by atoms with E-state index in [0.29, 0.717) is 18.8 Å². The van der Waals surface area contributed by atoms with Crippen LogP contribution in [0.5, 0.6) is 0 Å². The number of carbonyl (C=O) groups is 1. The lowest BCUT2D eigenvalue weighted by atomic mass is 10.0. The number of ether oxygens (including phenoxy) is 4. The molecule has 0 amide bonds. The molecule has 1 aliphatic heterocycles. The third-order valence-corrected chi connectivity index (χ3v) is 5.64. The summed E-state index contributed by atoms with van der Waals surface area (Å²) in [6, 6.07) is 19.4. The van der Waals surface area contributed by atoms with Gasteiger partial charge in [-0.15, -0.1) is 0 Å². The highest BCUT2D eigenvalue weighted by atomic mass is 16.6. The van der Waals surface area contributed by atoms with Gasteiger partial charge in [0.05, 0.1) is 38.4 Å². The lowest BCUT2D eigenvalue weighted by Gasteiger charge is -2.21. The van der Waals surface area contributed by atoms with Crippen LogP contribution in [0.3, 0.4) is 0 Å². The van der Waals surface area contributed by atoms with Crippen LogP contribution in [0, 0.1) is 0 Å². The average molecular weight is 468 g/mol. The maximum absolute atomic E-state index is 12.1. The second-order valence-electron chi connectivity index (χ2n) is 8.00. The van der Waals surface area contributed by atoms with Crippen molar-refractivity contribution >= 4 is 11.7 Å². The van der Waals surface area contributed by atoms with Gasteiger partial charge in [-0.2, -0.15) is 0 Å². The van der Waals surface area contributed by atoms with Gasteiger partial charge in [0.15, 0.2) is 0 Å². The molecule has 0 bridgehead atoms. The Bertz CT molecular complexity index is 1050. The van der Waals surface area contributed by atoms with Gasteiger partial charge in [0.1, 0.15) is 24.4 Å². The second-order valence-corrected chi connectivity index (χ2v) is 8.00. The summed E-state index contributed by atoms with van der Waals surface area (Å²) in [4.78, 5) is 12.1. The fraction of sp³-hybridized carbons (Fsp3) is 0.346. The molecule has 1 fully saturated rings. The molecule has 2 aromatic carbocycles. The minimum atomic E-state index is -1.05. The molecular weight excluding hydrogens is 438 g/mol. The topological polar surface area (TPSA) is 113 Å². The smallest absolute Gasteiger partial charge is 0.376 e. The van der Waals surface area contributed by atoms with Crippen LogP contribution < -0.4 is 5.73 Å². The third-order valence-electron chi connectivity index (χ3n) is 5.64. The molecule has 34 heavy (non-hydrogen) atoms. The normalized spacial score (nSPS) is 22.1. The van der Waals surface area contributed by atoms with Gasteiger partial charge in [-0.25, -0.2) is 4.79 Å². The summed E-state index contributed by atoms with van der Waals surface area (Å²) >= 11 is 0. The molecule has 8 heteroatoms. The van der Waals surface area contributed by atoms with Crippen molar-refractivity contribution in [2.75, 3.05) is 18.9 Å². The Morgan fingerprint density at radius 3 is 2.32 bits per heavy atom. The highest BCUT2D eigenvalue weighted by Gasteiger charge is 2.47. The Kier molecular flexibility index (Phi) is 7.97. The molecule has 1 aliphatic rings. The Labute approximate surface area is 198 Å². The van der Waals surface area contributed by atoms with Gasteiger partial charge in [-0.1, -0.05) is 60.7 Å². The standard InChI is InChI=1S/C26H29NO7/c1-2-31-26(29)25-21(27)19(15-33-25)23-22(28)24(32-14-18-11-7-4-8-12-18)20(34-23)16-30-13-17-9-5-3-6-10-17/h3-12,15,20,22-24,28H,2,13-14,16,27H2,1H3/t20-,22+,23+,24-/m1/s1. The molecule has 1 aromatic heterocycles. The molecular formula is C26H29NO7. The molecule has 3 N–H and O–H groups in total. The van der Waals surface area contributed by atoms with E-state index in [1.807, 2.05) is 60.7 Å². The minimum Gasteiger partial charge on any atom is -0.460 e. The molecule has 0 radical (unpaired) electrons. The zero-order chi connectivity index (χ0) is 23.9. The Balaban J connectivity index is 1.49. The van der Waals surface area contributed by atoms with Crippen molar-refractivity contribution in [1.82, 2.24) is 0 Å². The number of esters is 1. The van der Waals surface area contributed by atoms with Crippen LogP contribution in [0.2, 0.25) is 0 Å². The van der Waals surface area contributed by atoms with Gasteiger partial charge in [-0.05, 0) is 18.1 Å². The molecule has 3 aromatic rings. The summed E-state index contributed by atoms with van der Waals surface area (Å²) in [6.45, 7) is 2.77. The molecule has 180 valence electrons. The highest BCUT2D eigenvalue weighted by molar-refractivity contribution is 5.92. The van der Waals surface area contributed by atoms with E-state index in [1.54, 1.807) is 6.92 Å². The summed E-state index contributed by atoms with van der Waals surface area (Å²) in [5, 5.41) is 11.1. The van der Waals surface area contributed by atoms with Crippen molar-refractivity contribution in [2.24, 2.45) is 0 Å². The number of aliphatic hydroxyl groups excluding tert-OH is 1. The summed E-state index contributed by atoms with van der Waals surface area (Å²) in [5.74, 6) is -0.781. The van der Waals surface area contributed by atoms with Crippen molar-refractivity contribution in [2.45, 2.75) is 44.6 Å². The van der Waals surface area contributed by atoms with E-state index >= 15 is 0 Å². The first kappa shape index (κ1) is 24.0. The lowest BCUT2D eigenvalue weighted by Crippen LogP contribution is -2.36. The van der Waals surface area contributed by atoms with E-state index in [0.717, 1.165) is 11.1 Å². The van der Waals surface area contributed by atoms with Gasteiger partial charge in [-0.3, -0.25) is 0 Å². The summed E-state index contributed by atoms with van der Waals surface area (Å²) in [6.07, 6.45) is -1.83. The van der Waals surface area contributed by atoms with E-state index in [9.17, 15) is 9.90 Å². The van der Waals surface area contributed by atoms with E-state index in [1.165, 1.54) is 6.26 Å². The van der Waals surface area contributed by atoms with Gasteiger partial charge in [0, 0.05) is 5.56 Å². The molecule has 8 nitrogen and oxygen atoms in total. The van der Waals surface area contributed by atoms with Crippen molar-refractivity contribution in [3.05, 3.63) is 89.4 Å². The number of rotatable bonds is 10. The van der Waals surface area contributed by atoms with Gasteiger partial charge in [0.25, 0.3) is 0 Å². The van der Waals surface area contributed by atoms with Crippen LogP contribution in [-0.2, 0) is 32.2 Å². The summed E-state index contributed by atoms with van der Waals surface area (Å²) in [7, 11) is 0. The number of hydrogen-bond acceptors (Lipinski definition) is 8. The number of benzene rings is 2. The predicted octanol–water partition coefficient (Wildman–Crippen LogP) is 3.64. The van der Waals surface area contributed by atoms with Crippen LogP contribution in [0.25, 0.3) is 0 Å². The van der Waals surface area contributed by atoms with Gasteiger partial charge < -0.3 is 34.2 Å². The van der Waals surface area contributed by atoms with Crippen molar-refractivity contribution in [3.63, 3.8) is 0 Å². The maximum Gasteiger partial charge on any atom is 0.376 e. The number of furan rings is 1. The Morgan fingerprint density at radius 2 is 1.68 bits per heavy atom. The molecule has 0 spiro atoms. The summed E-state index contributed by atoms with van der Waals surface area (Å²) < 4.78 is 28.4. The average Bonchev–Trinajstić information content (AvgIpc) is 3.38. The van der Waals surface area contributed by atoms with E-state index in [4.69, 9.17) is 29.1 Å². The SMILES string of the molecule is CCOC(=O)c1occ([C@@H]2O[C@H](COCc3ccccc3)[C@@H](OCc3ccccc3)[C@H]2O)c1N. The quantitative estimate of drug-likeness (QED) is 0.435. The van der Waals surface area contributed by atoms with E-state index in [2.05, 4.69) is 0 Å². The first-order chi connectivity index (χ1) is 16.6. The Hall–Kier alpha value is -3.17. The molecule has 4 atom stereocenters. The van der Waals surface area contributed by atoms with E-state index in [-0.39, 0.29) is 24.7 Å². The highest BCUT2D eigenvalue weighted by Crippen LogP contribution is 2.40. The number of nitrogens with two attached hydrogens (primary N) is 1. The molecule has 0 saturated carbocycles. The first-order valence-electron chi connectivity index (χ1n) is 11.2. The molecule has 0 aliphatic carbocycles. The number of nitrogen functional groups attached to an aromatic ring is 1. The summed E-state index contributed by atoms with van der Waals surface area (Å²) in [5.41, 5.74) is 8.59. The Morgan fingerprint density at radius 1 is 1.03 bits per heavy atom. The van der Waals surface area contributed by atoms with Gasteiger partial charge >= 0.3 is 5.97 Å². The molecule has 1 saturated heterocycles. The van der Waals surface area contributed by atoms with Crippen molar-refractivity contribution in [3.8, 4) is 0 Å². The molecule has 0 unspecified atom stereocenters. The van der Waals surface area contributed by atoms with Gasteiger partial charge in [0.2, 0.25) is 5.76 Å². The van der Waals surface area contributed by atoms with Crippen LogP contribution in [0.15, 0.2) is 71.3 Å². The van der Waals surface area contributed by atoms with Crippen LogP contribution in [0.1, 0.15) is 40.3 Å². The van der Waals surface area contributed by atoms with Crippen LogP contribution in [-0.4, -0.2) is 42.6 Å². The largest absolute Gasteiger partial charge is 0.460 e. The zero-order valence-electron chi connectivity index (χ0n) is 19.0. The zero-order valence-corrected chi connectivity index (χ0v) is 19.0. The minimum absolute atomic E-state index is 0.0789. The maximum atomic E-state index is 12.1. The van der Waals surface area contributed by atoms with E-state index < -0.39 is 30.4 Å². The number of hydrogen-bond donors (Lipinski definition) is 2. The van der Waals surface area contributed by atoms with Crippen molar-refractivity contribution < 1.29 is 33.3 Å². The molecule has 4 rings (SSSR count). The number of carbonyl (C=O) groups excluding carboxylic acids is 1. The fourth-order valence-electron chi connectivity index (χ4n) is 3.93. The van der Waals surface area contributed by atoms with Crippen molar-refractivity contribution in [1.29, 1.82) is 0 Å². The fourth-order valence-corrected chi connectivity index (χ4v) is 3.93. The number of anilines is 1. The third kappa shape index (κ3) is 5.48. The number of aliphatic hydroxyl groups is 1. The lowest BCUT2D eigenvalue weighted by molar-refractivity contribution is -0.0769. The van der Waals surface area contributed by atoms with Crippen LogP contribution in [0.4, 0.5) is 5.69 Å².